The molecule has 2 heteroatoms. The molecule has 0 aromatic heterocycles. The zero-order valence-electron chi connectivity index (χ0n) is 15.6. The number of aromatic hydroxyl groups is 1. The van der Waals surface area contributed by atoms with E-state index in [0.717, 1.165) is 36.3 Å². The molecule has 0 radical (unpaired) electrons. The van der Waals surface area contributed by atoms with Gasteiger partial charge in [-0.05, 0) is 73.7 Å². The predicted molar refractivity (Wildman–Crippen MR) is 110 cm³/mol. The van der Waals surface area contributed by atoms with Gasteiger partial charge in [0.1, 0.15) is 17.2 Å². The van der Waals surface area contributed by atoms with Crippen molar-refractivity contribution in [2.45, 2.75) is 31.6 Å². The number of hydrogen-bond acceptors (Lipinski definition) is 2. The predicted octanol–water partition coefficient (Wildman–Crippen LogP) is 6.10. The van der Waals surface area contributed by atoms with Crippen molar-refractivity contribution in [1.29, 1.82) is 0 Å². The summed E-state index contributed by atoms with van der Waals surface area (Å²) in [6.07, 6.45) is 8.61. The van der Waals surface area contributed by atoms with Gasteiger partial charge in [0.05, 0.1) is 5.41 Å². The summed E-state index contributed by atoms with van der Waals surface area (Å²) < 4.78 is 5.91. The number of para-hydroxylation sites is 1. The van der Waals surface area contributed by atoms with Crippen LogP contribution >= 0.6 is 0 Å². The molecule has 0 spiro atoms. The first-order valence-electron chi connectivity index (χ1n) is 9.18. The van der Waals surface area contributed by atoms with Gasteiger partial charge < -0.3 is 9.84 Å². The number of ether oxygens (including phenoxy) is 1. The Morgan fingerprint density at radius 2 is 1.63 bits per heavy atom. The molecular weight excluding hydrogens is 332 g/mol. The molecule has 0 saturated heterocycles. The second kappa shape index (κ2) is 8.47. The summed E-state index contributed by atoms with van der Waals surface area (Å²) in [4.78, 5) is 0. The van der Waals surface area contributed by atoms with Gasteiger partial charge in [-0.15, -0.1) is 6.42 Å². The maximum atomic E-state index is 9.49. The fourth-order valence-electron chi connectivity index (χ4n) is 3.16. The second-order valence-corrected chi connectivity index (χ2v) is 6.94. The summed E-state index contributed by atoms with van der Waals surface area (Å²) in [5.41, 5.74) is 1.95. The molecule has 0 aliphatic carbocycles. The highest BCUT2D eigenvalue weighted by atomic mass is 16.5. The maximum Gasteiger partial charge on any atom is 0.127 e. The Kier molecular flexibility index (Phi) is 5.84. The monoisotopic (exact) mass is 356 g/mol. The van der Waals surface area contributed by atoms with Crippen LogP contribution in [0.2, 0.25) is 0 Å². The van der Waals surface area contributed by atoms with Gasteiger partial charge in [-0.1, -0.05) is 48.4 Å². The molecule has 0 fully saturated rings. The Morgan fingerprint density at radius 3 is 2.33 bits per heavy atom. The van der Waals surface area contributed by atoms with Crippen molar-refractivity contribution >= 4 is 0 Å². The first kappa shape index (κ1) is 18.6. The molecule has 3 aromatic carbocycles. The Bertz CT molecular complexity index is 907. The molecule has 0 aliphatic heterocycles. The van der Waals surface area contributed by atoms with E-state index in [4.69, 9.17) is 11.2 Å². The lowest BCUT2D eigenvalue weighted by Gasteiger charge is -2.24. The number of terminal acetylenes is 1. The Balaban J connectivity index is 1.62. The van der Waals surface area contributed by atoms with E-state index in [1.807, 2.05) is 54.6 Å². The summed E-state index contributed by atoms with van der Waals surface area (Å²) in [5.74, 6) is 4.88. The van der Waals surface area contributed by atoms with E-state index in [0.29, 0.717) is 0 Å². The number of benzene rings is 3. The fourth-order valence-corrected chi connectivity index (χ4v) is 3.16. The van der Waals surface area contributed by atoms with Crippen LogP contribution < -0.4 is 4.74 Å². The summed E-state index contributed by atoms with van der Waals surface area (Å²) >= 11 is 0. The minimum Gasteiger partial charge on any atom is -0.508 e. The van der Waals surface area contributed by atoms with E-state index >= 15 is 0 Å². The zero-order chi connectivity index (χ0) is 19.1. The van der Waals surface area contributed by atoms with Crippen molar-refractivity contribution in [2.75, 3.05) is 0 Å². The maximum absolute atomic E-state index is 9.49. The van der Waals surface area contributed by atoms with E-state index in [9.17, 15) is 5.11 Å². The van der Waals surface area contributed by atoms with Gasteiger partial charge in [-0.2, -0.15) is 0 Å². The highest BCUT2D eigenvalue weighted by Gasteiger charge is 2.23. The molecule has 0 bridgehead atoms. The Labute approximate surface area is 161 Å². The zero-order valence-corrected chi connectivity index (χ0v) is 15.6. The first-order valence-corrected chi connectivity index (χ1v) is 9.18. The summed E-state index contributed by atoms with van der Waals surface area (Å²) in [7, 11) is 0. The average molecular weight is 356 g/mol. The van der Waals surface area contributed by atoms with Crippen LogP contribution in [0.25, 0.3) is 0 Å². The quantitative estimate of drug-likeness (QED) is 0.518. The van der Waals surface area contributed by atoms with Crippen LogP contribution in [-0.2, 0) is 11.8 Å². The van der Waals surface area contributed by atoms with Crippen LogP contribution in [0.1, 0.15) is 30.9 Å². The number of aryl methyl sites for hydroxylation is 1. The molecule has 3 aromatic rings. The normalized spacial score (nSPS) is 12.7. The minimum atomic E-state index is -0.341. The van der Waals surface area contributed by atoms with Crippen molar-refractivity contribution in [3.63, 3.8) is 0 Å². The van der Waals surface area contributed by atoms with E-state index in [1.165, 1.54) is 5.56 Å². The van der Waals surface area contributed by atoms with Gasteiger partial charge in [0.2, 0.25) is 0 Å². The third-order valence-electron chi connectivity index (χ3n) is 4.84. The number of phenolic OH excluding ortho intramolecular Hbond substituents is 1. The molecule has 0 heterocycles. The molecule has 1 atom stereocenters. The average Bonchev–Trinajstić information content (AvgIpc) is 2.69. The molecule has 0 saturated carbocycles. The molecule has 3 rings (SSSR count). The smallest absolute Gasteiger partial charge is 0.127 e. The van der Waals surface area contributed by atoms with Crippen LogP contribution in [0.4, 0.5) is 0 Å². The van der Waals surface area contributed by atoms with Crippen molar-refractivity contribution in [2.24, 2.45) is 0 Å². The van der Waals surface area contributed by atoms with Gasteiger partial charge in [-0.25, -0.2) is 0 Å². The van der Waals surface area contributed by atoms with Gasteiger partial charge in [0.25, 0.3) is 0 Å². The van der Waals surface area contributed by atoms with Gasteiger partial charge >= 0.3 is 0 Å². The fraction of sp³-hybridized carbons (Fsp3) is 0.200. The number of rotatable bonds is 7. The second-order valence-electron chi connectivity index (χ2n) is 6.94. The molecule has 1 N–H and O–H groups in total. The van der Waals surface area contributed by atoms with Gasteiger partial charge in [-0.3, -0.25) is 0 Å². The van der Waals surface area contributed by atoms with E-state index in [2.05, 4.69) is 25.0 Å². The van der Waals surface area contributed by atoms with Crippen LogP contribution in [0, 0.1) is 12.3 Å². The van der Waals surface area contributed by atoms with E-state index < -0.39 is 0 Å². The summed E-state index contributed by atoms with van der Waals surface area (Å²) in [6.45, 7) is 2.08. The lowest BCUT2D eigenvalue weighted by Crippen LogP contribution is -2.19. The Morgan fingerprint density at radius 1 is 0.926 bits per heavy atom. The molecule has 27 heavy (non-hydrogen) atoms. The largest absolute Gasteiger partial charge is 0.508 e. The molecule has 136 valence electrons. The molecule has 1 unspecified atom stereocenters. The molecule has 0 amide bonds. The minimum absolute atomic E-state index is 0.258. The van der Waals surface area contributed by atoms with E-state index in [1.54, 1.807) is 12.1 Å². The lowest BCUT2D eigenvalue weighted by atomic mass is 9.78. The van der Waals surface area contributed by atoms with Crippen molar-refractivity contribution in [3.05, 3.63) is 90.0 Å². The molecular formula is C25H24O2. The first-order chi connectivity index (χ1) is 13.1. The number of hydrogen-bond donors (Lipinski definition) is 1. The van der Waals surface area contributed by atoms with Crippen molar-refractivity contribution < 1.29 is 9.84 Å². The lowest BCUT2D eigenvalue weighted by molar-refractivity contribution is 0.473. The highest BCUT2D eigenvalue weighted by molar-refractivity contribution is 5.37. The molecule has 0 aliphatic rings. The summed E-state index contributed by atoms with van der Waals surface area (Å²) in [5, 5.41) is 9.49. The van der Waals surface area contributed by atoms with Crippen molar-refractivity contribution in [1.82, 2.24) is 0 Å². The topological polar surface area (TPSA) is 29.5 Å². The van der Waals surface area contributed by atoms with Crippen LogP contribution in [-0.4, -0.2) is 5.11 Å². The summed E-state index contributed by atoms with van der Waals surface area (Å²) in [6, 6.07) is 25.2. The Hall–Kier alpha value is -3.18. The third kappa shape index (κ3) is 4.92. The van der Waals surface area contributed by atoms with Crippen LogP contribution in [0.15, 0.2) is 78.9 Å². The van der Waals surface area contributed by atoms with Crippen LogP contribution in [0.5, 0.6) is 17.2 Å². The highest BCUT2D eigenvalue weighted by Crippen LogP contribution is 2.30. The van der Waals surface area contributed by atoms with Gasteiger partial charge in [0, 0.05) is 0 Å². The van der Waals surface area contributed by atoms with Crippen molar-refractivity contribution in [3.8, 4) is 29.6 Å². The van der Waals surface area contributed by atoms with Gasteiger partial charge in [0.15, 0.2) is 0 Å². The SMILES string of the molecule is C#CC(C)(CCCc1cccc(Oc2ccccc2)c1)c1ccc(O)cc1. The van der Waals surface area contributed by atoms with E-state index in [-0.39, 0.29) is 11.2 Å². The number of phenols is 1. The van der Waals surface area contributed by atoms with Crippen LogP contribution in [0.3, 0.4) is 0 Å². The third-order valence-corrected chi connectivity index (χ3v) is 4.84. The molecule has 2 nitrogen and oxygen atoms in total. The standard InChI is InChI=1S/C25H24O2/c1-3-25(2,21-14-16-22(26)17-15-21)18-8-10-20-9-7-13-24(19-20)27-23-11-5-4-6-12-23/h1,4-7,9,11-17,19,26H,8,10,18H2,2H3.